The molecule has 4 heteroatoms. The maximum absolute atomic E-state index is 11.2. The fourth-order valence-electron chi connectivity index (χ4n) is 1.53. The molecular weight excluding hydrogens is 172 g/mol. The van der Waals surface area contributed by atoms with E-state index in [1.165, 1.54) is 6.08 Å². The van der Waals surface area contributed by atoms with Crippen LogP contribution in [-0.4, -0.2) is 34.5 Å². The summed E-state index contributed by atoms with van der Waals surface area (Å²) in [6.45, 7) is 0. The average molecular weight is 182 g/mol. The Labute approximate surface area is 75.1 Å². The zero-order valence-corrected chi connectivity index (χ0v) is 6.83. The maximum atomic E-state index is 11.2. The Morgan fingerprint density at radius 3 is 2.62 bits per heavy atom. The van der Waals surface area contributed by atoms with Crippen molar-refractivity contribution in [2.24, 2.45) is 5.92 Å². The Hall–Kier alpha value is -1.13. The number of ether oxygens (including phenoxy) is 1. The zero-order valence-electron chi connectivity index (χ0n) is 6.83. The zero-order chi connectivity index (χ0) is 9.42. The van der Waals surface area contributed by atoms with E-state index in [1.54, 1.807) is 18.2 Å². The first-order valence-electron chi connectivity index (χ1n) is 4.12. The molecule has 2 N–H and O–H groups in total. The molecule has 1 aliphatic carbocycles. The van der Waals surface area contributed by atoms with Gasteiger partial charge < -0.3 is 14.9 Å². The molecule has 4 atom stereocenters. The SMILES string of the molecule is O=C1O[C@H]2C=C/C=C\[C@@H]1[C@@H](O)[C@H]2O. The summed E-state index contributed by atoms with van der Waals surface area (Å²) in [4.78, 5) is 11.2. The van der Waals surface area contributed by atoms with Gasteiger partial charge in [0.1, 0.15) is 24.2 Å². The minimum absolute atomic E-state index is 0.483. The molecule has 13 heavy (non-hydrogen) atoms. The van der Waals surface area contributed by atoms with Gasteiger partial charge in [-0.2, -0.15) is 0 Å². The van der Waals surface area contributed by atoms with Gasteiger partial charge in [-0.25, -0.2) is 0 Å². The number of allylic oxidation sites excluding steroid dienone is 2. The van der Waals surface area contributed by atoms with Crippen LogP contribution in [0.5, 0.6) is 0 Å². The lowest BCUT2D eigenvalue weighted by Gasteiger charge is -2.34. The Morgan fingerprint density at radius 2 is 1.85 bits per heavy atom. The molecule has 0 spiro atoms. The van der Waals surface area contributed by atoms with Crippen molar-refractivity contribution in [1.82, 2.24) is 0 Å². The van der Waals surface area contributed by atoms with E-state index < -0.39 is 30.2 Å². The highest BCUT2D eigenvalue weighted by molar-refractivity contribution is 5.77. The first-order valence-corrected chi connectivity index (χ1v) is 4.12. The smallest absolute Gasteiger partial charge is 0.316 e. The highest BCUT2D eigenvalue weighted by Gasteiger charge is 2.42. The summed E-state index contributed by atoms with van der Waals surface area (Å²) in [5.41, 5.74) is 0. The number of rotatable bonds is 0. The van der Waals surface area contributed by atoms with Gasteiger partial charge in [-0.3, -0.25) is 4.79 Å². The van der Waals surface area contributed by atoms with Crippen LogP contribution in [0, 0.1) is 5.92 Å². The minimum Gasteiger partial charge on any atom is -0.455 e. The topological polar surface area (TPSA) is 66.8 Å². The third kappa shape index (κ3) is 1.28. The Morgan fingerprint density at radius 1 is 1.15 bits per heavy atom. The van der Waals surface area contributed by atoms with Gasteiger partial charge in [-0.15, -0.1) is 0 Å². The van der Waals surface area contributed by atoms with Crippen molar-refractivity contribution < 1.29 is 19.7 Å². The second kappa shape index (κ2) is 2.97. The van der Waals surface area contributed by atoms with E-state index >= 15 is 0 Å². The number of aliphatic hydroxyl groups is 2. The molecule has 70 valence electrons. The van der Waals surface area contributed by atoms with Crippen molar-refractivity contribution in [2.75, 3.05) is 0 Å². The normalized spacial score (nSPS) is 45.2. The lowest BCUT2D eigenvalue weighted by molar-refractivity contribution is -0.180. The molecule has 1 saturated heterocycles. The molecule has 3 rings (SSSR count). The summed E-state index contributed by atoms with van der Waals surface area (Å²) < 4.78 is 4.89. The standard InChI is InChI=1S/C9H10O4/c10-7-5-3-1-2-4-6(8(7)11)13-9(5)12/h1-8,10-11H/b3-1-,4-2?/t5-,6+,7-,8+/m1/s1. The summed E-state index contributed by atoms with van der Waals surface area (Å²) in [7, 11) is 0. The number of carbonyl (C=O) groups is 1. The van der Waals surface area contributed by atoms with Crippen molar-refractivity contribution in [1.29, 1.82) is 0 Å². The minimum atomic E-state index is -1.06. The summed E-state index contributed by atoms with van der Waals surface area (Å²) in [5, 5.41) is 19.0. The Balaban J connectivity index is 2.37. The van der Waals surface area contributed by atoms with Crippen LogP contribution in [0.4, 0.5) is 0 Å². The monoisotopic (exact) mass is 182 g/mol. The van der Waals surface area contributed by atoms with Gasteiger partial charge in [-0.05, 0) is 6.08 Å². The number of aliphatic hydroxyl groups excluding tert-OH is 2. The number of hydrogen-bond acceptors (Lipinski definition) is 4. The van der Waals surface area contributed by atoms with Gasteiger partial charge >= 0.3 is 5.97 Å². The average Bonchev–Trinajstić information content (AvgIpc) is 2.07. The van der Waals surface area contributed by atoms with Crippen molar-refractivity contribution >= 4 is 5.97 Å². The van der Waals surface area contributed by atoms with Crippen LogP contribution in [0.2, 0.25) is 0 Å². The molecule has 0 unspecified atom stereocenters. The highest BCUT2D eigenvalue weighted by atomic mass is 16.6. The van der Waals surface area contributed by atoms with Crippen molar-refractivity contribution in [3.63, 3.8) is 0 Å². The van der Waals surface area contributed by atoms with Crippen molar-refractivity contribution in [3.8, 4) is 0 Å². The van der Waals surface area contributed by atoms with Crippen molar-refractivity contribution in [3.05, 3.63) is 24.3 Å². The fourth-order valence-corrected chi connectivity index (χ4v) is 1.53. The van der Waals surface area contributed by atoms with E-state index in [0.717, 1.165) is 0 Å². The Bertz CT molecular complexity index is 281. The van der Waals surface area contributed by atoms with Crippen LogP contribution in [0.3, 0.4) is 0 Å². The van der Waals surface area contributed by atoms with E-state index in [-0.39, 0.29) is 0 Å². The van der Waals surface area contributed by atoms with Gasteiger partial charge in [0.05, 0.1) is 0 Å². The molecule has 0 aromatic heterocycles. The summed E-state index contributed by atoms with van der Waals surface area (Å²) in [6, 6.07) is 0. The molecule has 3 aliphatic rings. The molecule has 2 aliphatic heterocycles. The lowest BCUT2D eigenvalue weighted by Crippen LogP contribution is -2.51. The van der Waals surface area contributed by atoms with E-state index in [1.807, 2.05) is 0 Å². The van der Waals surface area contributed by atoms with Crippen LogP contribution in [0.1, 0.15) is 0 Å². The number of fused-ring (bicyclic) bond motifs is 3. The molecule has 2 bridgehead atoms. The van der Waals surface area contributed by atoms with Crippen LogP contribution in [0.25, 0.3) is 0 Å². The van der Waals surface area contributed by atoms with Gasteiger partial charge in [0.25, 0.3) is 0 Å². The van der Waals surface area contributed by atoms with Crippen LogP contribution < -0.4 is 0 Å². The molecule has 2 heterocycles. The van der Waals surface area contributed by atoms with Crippen LogP contribution >= 0.6 is 0 Å². The number of carbonyl (C=O) groups excluding carboxylic acids is 1. The molecule has 0 radical (unpaired) electrons. The van der Waals surface area contributed by atoms with Crippen LogP contribution in [-0.2, 0) is 9.53 Å². The molecule has 0 saturated carbocycles. The quantitative estimate of drug-likeness (QED) is 0.490. The summed E-state index contributed by atoms with van der Waals surface area (Å²) >= 11 is 0. The molecule has 0 amide bonds. The molecule has 0 aromatic carbocycles. The molecular formula is C9H10O4. The second-order valence-electron chi connectivity index (χ2n) is 3.18. The summed E-state index contributed by atoms with van der Waals surface area (Å²) in [5.74, 6) is -1.22. The van der Waals surface area contributed by atoms with Gasteiger partial charge in [0, 0.05) is 0 Å². The summed E-state index contributed by atoms with van der Waals surface area (Å²) in [6.07, 6.45) is 3.65. The predicted octanol–water partition coefficient (Wildman–Crippen LogP) is -0.624. The van der Waals surface area contributed by atoms with E-state index in [9.17, 15) is 15.0 Å². The van der Waals surface area contributed by atoms with E-state index in [0.29, 0.717) is 0 Å². The number of esters is 1. The second-order valence-corrected chi connectivity index (χ2v) is 3.18. The number of hydrogen-bond donors (Lipinski definition) is 2. The molecule has 1 fully saturated rings. The van der Waals surface area contributed by atoms with Gasteiger partial charge in [-0.1, -0.05) is 18.2 Å². The predicted molar refractivity (Wildman–Crippen MR) is 43.7 cm³/mol. The highest BCUT2D eigenvalue weighted by Crippen LogP contribution is 2.25. The fraction of sp³-hybridized carbons (Fsp3) is 0.444. The van der Waals surface area contributed by atoms with Crippen LogP contribution in [0.15, 0.2) is 24.3 Å². The molecule has 0 aromatic rings. The largest absolute Gasteiger partial charge is 0.455 e. The first kappa shape index (κ1) is 8.47. The Kier molecular flexibility index (Phi) is 1.94. The molecule has 4 nitrogen and oxygen atoms in total. The van der Waals surface area contributed by atoms with E-state index in [4.69, 9.17) is 4.74 Å². The first-order chi connectivity index (χ1) is 6.20. The third-order valence-corrected chi connectivity index (χ3v) is 2.31. The van der Waals surface area contributed by atoms with Gasteiger partial charge in [0.15, 0.2) is 0 Å². The maximum Gasteiger partial charge on any atom is 0.316 e. The lowest BCUT2D eigenvalue weighted by atomic mass is 9.89. The van der Waals surface area contributed by atoms with E-state index in [2.05, 4.69) is 0 Å². The third-order valence-electron chi connectivity index (χ3n) is 2.31. The van der Waals surface area contributed by atoms with Gasteiger partial charge in [0.2, 0.25) is 0 Å². The van der Waals surface area contributed by atoms with Crippen molar-refractivity contribution in [2.45, 2.75) is 18.3 Å².